The van der Waals surface area contributed by atoms with Crippen molar-refractivity contribution in [1.82, 2.24) is 14.5 Å². The fourth-order valence-electron chi connectivity index (χ4n) is 2.26. The Morgan fingerprint density at radius 1 is 1.33 bits per heavy atom. The van der Waals surface area contributed by atoms with Gasteiger partial charge in [0, 0.05) is 12.3 Å². The Morgan fingerprint density at radius 2 is 2.14 bits per heavy atom. The fraction of sp³-hybridized carbons (Fsp3) is 0.286. The van der Waals surface area contributed by atoms with Gasteiger partial charge in [0.25, 0.3) is 0 Å². The van der Waals surface area contributed by atoms with Crippen LogP contribution in [0.1, 0.15) is 17.5 Å². The van der Waals surface area contributed by atoms with Crippen molar-refractivity contribution in [3.63, 3.8) is 0 Å². The van der Waals surface area contributed by atoms with Crippen LogP contribution in [0, 0.1) is 18.6 Å². The molecule has 0 aliphatic rings. The highest BCUT2D eigenvalue weighted by Gasteiger charge is 2.18. The van der Waals surface area contributed by atoms with E-state index in [9.17, 15) is 8.78 Å². The van der Waals surface area contributed by atoms with E-state index in [4.69, 9.17) is 16.0 Å². The van der Waals surface area contributed by atoms with Gasteiger partial charge in [0.2, 0.25) is 5.89 Å². The Kier molecular flexibility index (Phi) is 3.63. The van der Waals surface area contributed by atoms with Crippen LogP contribution in [0.3, 0.4) is 0 Å². The molecule has 1 aromatic carbocycles. The highest BCUT2D eigenvalue weighted by atomic mass is 35.5. The van der Waals surface area contributed by atoms with Crippen molar-refractivity contribution < 1.29 is 13.2 Å². The maximum atomic E-state index is 14.1. The minimum atomic E-state index is -0.927. The fourth-order valence-corrected chi connectivity index (χ4v) is 2.43. The first-order valence-corrected chi connectivity index (χ1v) is 6.94. The van der Waals surface area contributed by atoms with E-state index in [0.717, 1.165) is 6.07 Å². The van der Waals surface area contributed by atoms with Gasteiger partial charge in [-0.3, -0.25) is 0 Å². The molecule has 3 aromatic rings. The molecule has 21 heavy (non-hydrogen) atoms. The highest BCUT2D eigenvalue weighted by molar-refractivity contribution is 6.17. The van der Waals surface area contributed by atoms with Crippen LogP contribution in [0.4, 0.5) is 8.78 Å². The van der Waals surface area contributed by atoms with E-state index in [-0.39, 0.29) is 12.1 Å². The molecule has 0 bridgehead atoms. The summed E-state index contributed by atoms with van der Waals surface area (Å²) in [6.07, 6.45) is 2.02. The molecule has 0 spiro atoms. The summed E-state index contributed by atoms with van der Waals surface area (Å²) >= 11 is 5.75. The molecule has 0 aliphatic carbocycles. The maximum absolute atomic E-state index is 14.1. The zero-order valence-corrected chi connectivity index (χ0v) is 12.0. The summed E-state index contributed by atoms with van der Waals surface area (Å²) in [5, 5.41) is 0. The molecule has 110 valence electrons. The SMILES string of the molecule is Cc1cnc(Cn2c(CCCl)nc3ccc(F)c(F)c32)o1. The van der Waals surface area contributed by atoms with Crippen LogP contribution >= 0.6 is 11.6 Å². The van der Waals surface area contributed by atoms with Crippen LogP contribution in [0.2, 0.25) is 0 Å². The summed E-state index contributed by atoms with van der Waals surface area (Å²) in [5.41, 5.74) is 0.489. The third-order valence-electron chi connectivity index (χ3n) is 3.16. The van der Waals surface area contributed by atoms with Gasteiger partial charge >= 0.3 is 0 Å². The van der Waals surface area contributed by atoms with E-state index in [0.29, 0.717) is 35.3 Å². The third-order valence-corrected chi connectivity index (χ3v) is 3.35. The van der Waals surface area contributed by atoms with E-state index >= 15 is 0 Å². The zero-order valence-electron chi connectivity index (χ0n) is 11.2. The second kappa shape index (κ2) is 5.44. The highest BCUT2D eigenvalue weighted by Crippen LogP contribution is 2.23. The Hall–Kier alpha value is -1.95. The number of aromatic nitrogens is 3. The molecular weight excluding hydrogens is 300 g/mol. The lowest BCUT2D eigenvalue weighted by molar-refractivity contribution is 0.453. The largest absolute Gasteiger partial charge is 0.444 e. The number of imidazole rings is 1. The van der Waals surface area contributed by atoms with Crippen LogP contribution < -0.4 is 0 Å². The molecule has 2 aromatic heterocycles. The van der Waals surface area contributed by atoms with Gasteiger partial charge in [0.05, 0.1) is 11.7 Å². The van der Waals surface area contributed by atoms with Gasteiger partial charge in [-0.25, -0.2) is 18.7 Å². The second-order valence-corrected chi connectivity index (χ2v) is 5.02. The van der Waals surface area contributed by atoms with E-state index < -0.39 is 11.6 Å². The number of oxazole rings is 1. The van der Waals surface area contributed by atoms with Gasteiger partial charge in [0.15, 0.2) is 11.6 Å². The number of alkyl halides is 1. The molecule has 2 heterocycles. The lowest BCUT2D eigenvalue weighted by atomic mass is 10.3. The first kappa shape index (κ1) is 14.0. The Balaban J connectivity index is 2.16. The van der Waals surface area contributed by atoms with E-state index in [1.165, 1.54) is 6.07 Å². The minimum absolute atomic E-state index is 0.103. The molecule has 0 radical (unpaired) electrons. The quantitative estimate of drug-likeness (QED) is 0.693. The number of rotatable bonds is 4. The normalized spacial score (nSPS) is 11.4. The molecule has 0 saturated carbocycles. The predicted octanol–water partition coefficient (Wildman–Crippen LogP) is 3.44. The molecule has 0 aliphatic heterocycles. The third kappa shape index (κ3) is 2.51. The summed E-state index contributed by atoms with van der Waals surface area (Å²) in [5.74, 6) is 0.123. The summed E-state index contributed by atoms with van der Waals surface area (Å²) in [4.78, 5) is 8.40. The Labute approximate surface area is 124 Å². The van der Waals surface area contributed by atoms with Crippen molar-refractivity contribution in [3.05, 3.63) is 47.4 Å². The Morgan fingerprint density at radius 3 is 2.81 bits per heavy atom. The molecule has 0 saturated heterocycles. The number of nitrogens with zero attached hydrogens (tertiary/aromatic N) is 3. The first-order chi connectivity index (χ1) is 10.1. The molecule has 0 unspecified atom stereocenters. The number of hydrogen-bond acceptors (Lipinski definition) is 3. The van der Waals surface area contributed by atoms with Crippen molar-refractivity contribution in [2.45, 2.75) is 19.9 Å². The smallest absolute Gasteiger partial charge is 0.214 e. The summed E-state index contributed by atoms with van der Waals surface area (Å²) in [6.45, 7) is 1.94. The lowest BCUT2D eigenvalue weighted by Crippen LogP contribution is -2.07. The van der Waals surface area contributed by atoms with Gasteiger partial charge in [0.1, 0.15) is 23.6 Å². The van der Waals surface area contributed by atoms with Crippen molar-refractivity contribution in [2.75, 3.05) is 5.88 Å². The van der Waals surface area contributed by atoms with Crippen LogP contribution in [-0.2, 0) is 13.0 Å². The number of hydrogen-bond donors (Lipinski definition) is 0. The van der Waals surface area contributed by atoms with E-state index in [1.807, 2.05) is 0 Å². The molecule has 0 N–H and O–H groups in total. The lowest BCUT2D eigenvalue weighted by Gasteiger charge is -2.06. The molecule has 7 heteroatoms. The van der Waals surface area contributed by atoms with Crippen molar-refractivity contribution in [1.29, 1.82) is 0 Å². The van der Waals surface area contributed by atoms with Gasteiger partial charge < -0.3 is 8.98 Å². The number of aryl methyl sites for hydroxylation is 2. The van der Waals surface area contributed by atoms with Crippen molar-refractivity contribution >= 4 is 22.6 Å². The second-order valence-electron chi connectivity index (χ2n) is 4.65. The summed E-state index contributed by atoms with van der Waals surface area (Å²) in [7, 11) is 0. The predicted molar refractivity (Wildman–Crippen MR) is 74.4 cm³/mol. The molecule has 0 fully saturated rings. The van der Waals surface area contributed by atoms with E-state index in [1.54, 1.807) is 17.7 Å². The van der Waals surface area contributed by atoms with Gasteiger partial charge in [-0.15, -0.1) is 11.6 Å². The number of halogens is 3. The van der Waals surface area contributed by atoms with Crippen LogP contribution in [0.25, 0.3) is 11.0 Å². The molecular formula is C14H12ClF2N3O. The van der Waals surface area contributed by atoms with Gasteiger partial charge in [-0.1, -0.05) is 0 Å². The van der Waals surface area contributed by atoms with Crippen LogP contribution in [0.15, 0.2) is 22.7 Å². The van der Waals surface area contributed by atoms with Gasteiger partial charge in [-0.2, -0.15) is 0 Å². The average molecular weight is 312 g/mol. The number of fused-ring (bicyclic) bond motifs is 1. The first-order valence-electron chi connectivity index (χ1n) is 6.40. The summed E-state index contributed by atoms with van der Waals surface area (Å²) < 4.78 is 34.5. The molecule has 0 atom stereocenters. The van der Waals surface area contributed by atoms with Crippen LogP contribution in [0.5, 0.6) is 0 Å². The van der Waals surface area contributed by atoms with Crippen molar-refractivity contribution in [2.24, 2.45) is 0 Å². The van der Waals surface area contributed by atoms with Gasteiger partial charge in [-0.05, 0) is 19.1 Å². The topological polar surface area (TPSA) is 43.9 Å². The summed E-state index contributed by atoms with van der Waals surface area (Å²) in [6, 6.07) is 2.51. The standard InChI is InChI=1S/C14H12ClF2N3O/c1-8-6-18-12(21-8)7-20-11(4-5-15)19-10-3-2-9(16)13(17)14(10)20/h2-3,6H,4-5,7H2,1H3. The molecule has 4 nitrogen and oxygen atoms in total. The van der Waals surface area contributed by atoms with Crippen LogP contribution in [-0.4, -0.2) is 20.4 Å². The monoisotopic (exact) mass is 311 g/mol. The number of benzene rings is 1. The van der Waals surface area contributed by atoms with Crippen molar-refractivity contribution in [3.8, 4) is 0 Å². The zero-order chi connectivity index (χ0) is 15.0. The van der Waals surface area contributed by atoms with E-state index in [2.05, 4.69) is 9.97 Å². The molecule has 0 amide bonds. The average Bonchev–Trinajstić information content (AvgIpc) is 3.00. The molecule has 3 rings (SSSR count). The minimum Gasteiger partial charge on any atom is -0.444 e. The maximum Gasteiger partial charge on any atom is 0.214 e. The Bertz CT molecular complexity index is 797.